The van der Waals surface area contributed by atoms with E-state index in [1.807, 2.05) is 13.8 Å². The molecule has 0 spiro atoms. The Bertz CT molecular complexity index is 1050. The molecule has 0 radical (unpaired) electrons. The summed E-state index contributed by atoms with van der Waals surface area (Å²) in [7, 11) is -4.51. The van der Waals surface area contributed by atoms with Crippen molar-refractivity contribution in [2.24, 2.45) is 11.7 Å². The van der Waals surface area contributed by atoms with Crippen LogP contribution in [0.4, 0.5) is 0 Å². The molecule has 14 heteroatoms. The summed E-state index contributed by atoms with van der Waals surface area (Å²) in [6.45, 7) is 2.85. The van der Waals surface area contributed by atoms with Gasteiger partial charge < -0.3 is 25.4 Å². The van der Waals surface area contributed by atoms with Crippen LogP contribution >= 0.6 is 23.2 Å². The van der Waals surface area contributed by atoms with Crippen LogP contribution in [0.3, 0.4) is 0 Å². The van der Waals surface area contributed by atoms with Crippen molar-refractivity contribution in [1.29, 1.82) is 0 Å². The second kappa shape index (κ2) is 13.7. The summed E-state index contributed by atoms with van der Waals surface area (Å²) in [5, 5.41) is 21.1. The van der Waals surface area contributed by atoms with Crippen LogP contribution in [0.5, 0.6) is 0 Å². The van der Waals surface area contributed by atoms with Gasteiger partial charge in [-0.3, -0.25) is 8.98 Å². The monoisotopic (exact) mass is 568 g/mol. The van der Waals surface area contributed by atoms with Gasteiger partial charge in [0, 0.05) is 12.5 Å². The molecule has 0 aromatic heterocycles. The quantitative estimate of drug-likeness (QED) is 0.211. The van der Waals surface area contributed by atoms with Crippen molar-refractivity contribution in [3.63, 3.8) is 0 Å². The van der Waals surface area contributed by atoms with E-state index in [1.54, 1.807) is 22.9 Å². The van der Waals surface area contributed by atoms with E-state index in [9.17, 15) is 28.2 Å². The van der Waals surface area contributed by atoms with Gasteiger partial charge in [0.1, 0.15) is 18.3 Å². The highest BCUT2D eigenvalue weighted by molar-refractivity contribution is 7.85. The molecule has 2 rings (SSSR count). The Balaban J connectivity index is 1.78. The largest absolute Gasteiger partial charge is 0.462 e. The van der Waals surface area contributed by atoms with E-state index in [-0.39, 0.29) is 25.4 Å². The Kier molecular flexibility index (Phi) is 11.6. The fraction of sp³-hybridized carbons (Fsp3) is 0.545. The standard InChI is InChI=1S/C22H30Cl2N2O9S/c1-12(2)9-16(25)22(30)26-36(31,32)34-11-18-21(29)20(28)17(35-18)7-8-33-19(27)6-4-13-3-5-14(23)15(24)10-13/h3-6,10,12,16-18,20-21,28-29H,7-9,11,25H2,1-2H3,(H,26,30). The molecule has 5 N–H and O–H groups in total. The minimum absolute atomic E-state index is 0.0224. The van der Waals surface area contributed by atoms with E-state index >= 15 is 0 Å². The lowest BCUT2D eigenvalue weighted by atomic mass is 10.0. The Morgan fingerprint density at radius 1 is 1.19 bits per heavy atom. The van der Waals surface area contributed by atoms with Crippen molar-refractivity contribution in [2.75, 3.05) is 13.2 Å². The third-order valence-electron chi connectivity index (χ3n) is 5.14. The number of ether oxygens (including phenoxy) is 2. The van der Waals surface area contributed by atoms with Gasteiger partial charge in [-0.25, -0.2) is 9.52 Å². The smallest absolute Gasteiger partial charge is 0.362 e. The predicted octanol–water partition coefficient (Wildman–Crippen LogP) is 1.18. The predicted molar refractivity (Wildman–Crippen MR) is 132 cm³/mol. The normalized spacial score (nSPS) is 23.2. The zero-order valence-corrected chi connectivity index (χ0v) is 22.0. The van der Waals surface area contributed by atoms with E-state index in [0.717, 1.165) is 0 Å². The molecule has 1 fully saturated rings. The van der Waals surface area contributed by atoms with Crippen molar-refractivity contribution < 1.29 is 41.9 Å². The minimum atomic E-state index is -4.51. The number of nitrogens with two attached hydrogens (primary N) is 1. The number of hydrogen-bond donors (Lipinski definition) is 4. The maximum Gasteiger partial charge on any atom is 0.362 e. The molecule has 1 aliphatic rings. The summed E-state index contributed by atoms with van der Waals surface area (Å²) in [5.41, 5.74) is 6.28. The third kappa shape index (κ3) is 9.60. The molecule has 1 heterocycles. The van der Waals surface area contributed by atoms with Crippen molar-refractivity contribution >= 4 is 51.5 Å². The van der Waals surface area contributed by atoms with Gasteiger partial charge in [-0.15, -0.1) is 0 Å². The van der Waals surface area contributed by atoms with Gasteiger partial charge in [0.05, 0.1) is 35.4 Å². The second-order valence-electron chi connectivity index (χ2n) is 8.60. The molecule has 5 unspecified atom stereocenters. The van der Waals surface area contributed by atoms with Crippen molar-refractivity contribution in [3.8, 4) is 0 Å². The number of rotatable bonds is 12. The van der Waals surface area contributed by atoms with E-state index in [0.29, 0.717) is 15.6 Å². The number of halogens is 2. The summed E-state index contributed by atoms with van der Waals surface area (Å²) in [6.07, 6.45) is -2.02. The maximum absolute atomic E-state index is 12.0. The molecule has 1 aromatic carbocycles. The molecule has 1 saturated heterocycles. The van der Waals surface area contributed by atoms with Gasteiger partial charge in [0.25, 0.3) is 5.91 Å². The molecular weight excluding hydrogens is 539 g/mol. The Morgan fingerprint density at radius 3 is 2.50 bits per heavy atom. The molecule has 0 saturated carbocycles. The molecule has 202 valence electrons. The molecule has 0 aliphatic carbocycles. The number of benzene rings is 1. The Hall–Kier alpha value is -1.77. The highest BCUT2D eigenvalue weighted by Crippen LogP contribution is 2.25. The number of carbonyl (C=O) groups is 2. The SMILES string of the molecule is CC(C)CC(N)C(=O)NS(=O)(=O)OCC1OC(CCOC(=O)C=Cc2ccc(Cl)c(Cl)c2)C(O)C1O. The number of amides is 1. The summed E-state index contributed by atoms with van der Waals surface area (Å²) < 4.78 is 41.0. The fourth-order valence-electron chi connectivity index (χ4n) is 3.31. The zero-order valence-electron chi connectivity index (χ0n) is 19.7. The number of esters is 1. The number of aliphatic hydroxyl groups excluding tert-OH is 2. The highest BCUT2D eigenvalue weighted by atomic mass is 35.5. The number of hydrogen-bond acceptors (Lipinski definition) is 10. The van der Waals surface area contributed by atoms with Crippen molar-refractivity contribution in [2.45, 2.75) is 57.1 Å². The summed E-state index contributed by atoms with van der Waals surface area (Å²) in [5.74, 6) is -1.51. The Morgan fingerprint density at radius 2 is 1.86 bits per heavy atom. The molecule has 11 nitrogen and oxygen atoms in total. The lowest BCUT2D eigenvalue weighted by Gasteiger charge is -2.17. The number of nitrogens with one attached hydrogen (secondary N) is 1. The average Bonchev–Trinajstić information content (AvgIpc) is 3.06. The first kappa shape index (κ1) is 30.5. The van der Waals surface area contributed by atoms with Gasteiger partial charge in [-0.1, -0.05) is 43.1 Å². The van der Waals surface area contributed by atoms with Gasteiger partial charge in [-0.2, -0.15) is 8.42 Å². The maximum atomic E-state index is 12.0. The third-order valence-corrected chi connectivity index (χ3v) is 6.78. The Labute approximate surface area is 219 Å². The number of carbonyl (C=O) groups excluding carboxylic acids is 2. The van der Waals surface area contributed by atoms with Crippen LogP contribution in [0.2, 0.25) is 10.0 Å². The minimum Gasteiger partial charge on any atom is -0.462 e. The lowest BCUT2D eigenvalue weighted by Crippen LogP contribution is -2.45. The average molecular weight is 569 g/mol. The van der Waals surface area contributed by atoms with E-state index in [1.165, 1.54) is 12.2 Å². The van der Waals surface area contributed by atoms with Crippen molar-refractivity contribution in [1.82, 2.24) is 4.72 Å². The fourth-order valence-corrected chi connectivity index (χ4v) is 4.38. The molecular formula is C22H30Cl2N2O9S. The molecule has 1 aliphatic heterocycles. The first-order valence-corrected chi connectivity index (χ1v) is 13.2. The summed E-state index contributed by atoms with van der Waals surface area (Å²) in [4.78, 5) is 23.8. The first-order valence-electron chi connectivity index (χ1n) is 11.1. The summed E-state index contributed by atoms with van der Waals surface area (Å²) in [6, 6.07) is 3.78. The van der Waals surface area contributed by atoms with Gasteiger partial charge >= 0.3 is 16.3 Å². The zero-order chi connectivity index (χ0) is 27.0. The van der Waals surface area contributed by atoms with Gasteiger partial charge in [0.2, 0.25) is 0 Å². The van der Waals surface area contributed by atoms with Crippen LogP contribution in [-0.4, -0.2) is 74.2 Å². The van der Waals surface area contributed by atoms with Crippen LogP contribution in [0.15, 0.2) is 24.3 Å². The second-order valence-corrected chi connectivity index (χ2v) is 10.8. The molecule has 5 atom stereocenters. The van der Waals surface area contributed by atoms with Crippen LogP contribution in [0, 0.1) is 5.92 Å². The first-order chi connectivity index (χ1) is 16.8. The highest BCUT2D eigenvalue weighted by Gasteiger charge is 2.43. The topological polar surface area (TPSA) is 174 Å². The van der Waals surface area contributed by atoms with Gasteiger partial charge in [-0.05, 0) is 36.1 Å². The van der Waals surface area contributed by atoms with E-state index in [2.05, 4.69) is 0 Å². The van der Waals surface area contributed by atoms with E-state index < -0.39 is 59.2 Å². The molecule has 0 bridgehead atoms. The van der Waals surface area contributed by atoms with Crippen LogP contribution in [0.25, 0.3) is 6.08 Å². The molecule has 1 aromatic rings. The van der Waals surface area contributed by atoms with Crippen LogP contribution in [-0.2, 0) is 33.6 Å². The van der Waals surface area contributed by atoms with Crippen LogP contribution in [0.1, 0.15) is 32.3 Å². The summed E-state index contributed by atoms with van der Waals surface area (Å²) >= 11 is 11.8. The van der Waals surface area contributed by atoms with E-state index in [4.69, 9.17) is 42.6 Å². The lowest BCUT2D eigenvalue weighted by molar-refractivity contribution is -0.139. The van der Waals surface area contributed by atoms with Crippen LogP contribution < -0.4 is 10.5 Å². The van der Waals surface area contributed by atoms with Gasteiger partial charge in [0.15, 0.2) is 0 Å². The number of aliphatic hydroxyl groups is 2. The molecule has 36 heavy (non-hydrogen) atoms. The molecule has 1 amide bonds. The van der Waals surface area contributed by atoms with Crippen molar-refractivity contribution in [3.05, 3.63) is 39.9 Å².